The first-order chi connectivity index (χ1) is 4.31. The highest BCUT2D eigenvalue weighted by molar-refractivity contribution is 4.52. The number of ether oxygens (including phenoxy) is 1. The van der Waals surface area contributed by atoms with Crippen LogP contribution in [0.5, 0.6) is 0 Å². The van der Waals surface area contributed by atoms with E-state index in [1.54, 1.807) is 0 Å². The van der Waals surface area contributed by atoms with Gasteiger partial charge in [0.05, 0.1) is 6.26 Å². The van der Waals surface area contributed by atoms with Crippen LogP contribution in [0.15, 0.2) is 12.8 Å². The minimum Gasteiger partial charge on any atom is -0.469 e. The van der Waals surface area contributed by atoms with Gasteiger partial charge in [-0.3, -0.25) is 0 Å². The molecule has 0 rings (SSSR count). The van der Waals surface area contributed by atoms with E-state index < -0.39 is 6.36 Å². The number of alkyl halides is 1. The summed E-state index contributed by atoms with van der Waals surface area (Å²) >= 11 is 0. The Morgan fingerprint density at radius 2 is 2.44 bits per heavy atom. The van der Waals surface area contributed by atoms with Gasteiger partial charge in [0.1, 0.15) is 0 Å². The van der Waals surface area contributed by atoms with Gasteiger partial charge in [0.25, 0.3) is 0 Å². The molecule has 9 heavy (non-hydrogen) atoms. The summed E-state index contributed by atoms with van der Waals surface area (Å²) in [5.41, 5.74) is 0. The maximum atomic E-state index is 12.3. The third-order valence-electron chi connectivity index (χ3n) is 1.03. The van der Waals surface area contributed by atoms with Crippen molar-refractivity contribution in [2.45, 2.75) is 32.5 Å². The van der Waals surface area contributed by atoms with Crippen LogP contribution in [0.1, 0.15) is 26.2 Å². The van der Waals surface area contributed by atoms with E-state index in [0.717, 1.165) is 19.1 Å². The molecule has 1 nitrogen and oxygen atoms in total. The highest BCUT2D eigenvalue weighted by Gasteiger charge is 2.01. The van der Waals surface area contributed by atoms with Gasteiger partial charge in [-0.1, -0.05) is 19.9 Å². The summed E-state index contributed by atoms with van der Waals surface area (Å²) in [6.45, 7) is 5.26. The number of halogens is 1. The van der Waals surface area contributed by atoms with Crippen molar-refractivity contribution in [3.8, 4) is 0 Å². The first kappa shape index (κ1) is 8.47. The Morgan fingerprint density at radius 1 is 1.78 bits per heavy atom. The molecule has 0 aliphatic heterocycles. The second-order valence-corrected chi connectivity index (χ2v) is 1.86. The van der Waals surface area contributed by atoms with Crippen LogP contribution in [-0.2, 0) is 4.74 Å². The molecule has 0 saturated heterocycles. The average molecular weight is 132 g/mol. The van der Waals surface area contributed by atoms with Crippen molar-refractivity contribution in [1.29, 1.82) is 0 Å². The maximum absolute atomic E-state index is 12.3. The molecule has 0 heterocycles. The smallest absolute Gasteiger partial charge is 0.237 e. The van der Waals surface area contributed by atoms with Crippen molar-refractivity contribution in [3.63, 3.8) is 0 Å². The maximum Gasteiger partial charge on any atom is 0.237 e. The first-order valence-electron chi connectivity index (χ1n) is 3.21. The number of hydrogen-bond acceptors (Lipinski definition) is 1. The Morgan fingerprint density at radius 3 is 2.89 bits per heavy atom. The Hall–Kier alpha value is -0.530. The van der Waals surface area contributed by atoms with Crippen LogP contribution in [0.25, 0.3) is 0 Å². The summed E-state index contributed by atoms with van der Waals surface area (Å²) in [6.07, 6.45) is 2.33. The zero-order valence-electron chi connectivity index (χ0n) is 5.77. The van der Waals surface area contributed by atoms with Crippen LogP contribution in [0, 0.1) is 0 Å². The molecular formula is C7H13FO. The summed E-state index contributed by atoms with van der Waals surface area (Å²) in [6, 6.07) is 0. The third kappa shape index (κ3) is 5.34. The van der Waals surface area contributed by atoms with Crippen LogP contribution >= 0.6 is 0 Å². The van der Waals surface area contributed by atoms with Gasteiger partial charge in [-0.15, -0.1) is 0 Å². The van der Waals surface area contributed by atoms with E-state index in [1.165, 1.54) is 0 Å². The molecule has 0 saturated carbocycles. The second kappa shape index (κ2) is 5.60. The molecule has 0 aromatic carbocycles. The number of hydrogen-bond donors (Lipinski definition) is 0. The Kier molecular flexibility index (Phi) is 5.27. The molecule has 0 aromatic rings. The lowest BCUT2D eigenvalue weighted by Gasteiger charge is -2.04. The normalized spacial score (nSPS) is 12.7. The van der Waals surface area contributed by atoms with Crippen LogP contribution in [0.3, 0.4) is 0 Å². The molecule has 0 N–H and O–H groups in total. The van der Waals surface area contributed by atoms with Gasteiger partial charge in [0, 0.05) is 6.42 Å². The Balaban J connectivity index is 3.04. The predicted octanol–water partition coefficient (Wildman–Crippen LogP) is 2.63. The van der Waals surface area contributed by atoms with Crippen molar-refractivity contribution in [3.05, 3.63) is 12.8 Å². The van der Waals surface area contributed by atoms with Crippen molar-refractivity contribution < 1.29 is 9.13 Å². The molecule has 0 fully saturated rings. The quantitative estimate of drug-likeness (QED) is 0.522. The molecular weight excluding hydrogens is 119 g/mol. The van der Waals surface area contributed by atoms with Crippen LogP contribution in [0.2, 0.25) is 0 Å². The van der Waals surface area contributed by atoms with E-state index in [2.05, 4.69) is 11.3 Å². The van der Waals surface area contributed by atoms with Gasteiger partial charge in [-0.05, 0) is 6.42 Å². The van der Waals surface area contributed by atoms with Crippen molar-refractivity contribution >= 4 is 0 Å². The van der Waals surface area contributed by atoms with Crippen LogP contribution in [0.4, 0.5) is 4.39 Å². The standard InChI is InChI=1S/C7H13FO/c1-3-5-6-7(8)9-4-2/h4,7H,2-3,5-6H2,1H3. The molecule has 1 atom stereocenters. The van der Waals surface area contributed by atoms with E-state index in [0.29, 0.717) is 6.42 Å². The molecule has 0 aromatic heterocycles. The fourth-order valence-corrected chi connectivity index (χ4v) is 0.537. The summed E-state index contributed by atoms with van der Waals surface area (Å²) in [5, 5.41) is 0. The highest BCUT2D eigenvalue weighted by Crippen LogP contribution is 2.05. The van der Waals surface area contributed by atoms with Gasteiger partial charge in [0.2, 0.25) is 6.36 Å². The molecule has 0 radical (unpaired) electrons. The predicted molar refractivity (Wildman–Crippen MR) is 35.7 cm³/mol. The largest absolute Gasteiger partial charge is 0.469 e. The van der Waals surface area contributed by atoms with Crippen LogP contribution < -0.4 is 0 Å². The van der Waals surface area contributed by atoms with E-state index >= 15 is 0 Å². The van der Waals surface area contributed by atoms with E-state index in [4.69, 9.17) is 0 Å². The van der Waals surface area contributed by atoms with Gasteiger partial charge < -0.3 is 4.74 Å². The van der Waals surface area contributed by atoms with Crippen molar-refractivity contribution in [2.24, 2.45) is 0 Å². The van der Waals surface area contributed by atoms with E-state index in [-0.39, 0.29) is 0 Å². The SMILES string of the molecule is C=COC(F)CCCC. The molecule has 0 amide bonds. The molecule has 0 spiro atoms. The second-order valence-electron chi connectivity index (χ2n) is 1.86. The fourth-order valence-electron chi connectivity index (χ4n) is 0.537. The zero-order valence-corrected chi connectivity index (χ0v) is 5.77. The van der Waals surface area contributed by atoms with E-state index in [1.807, 2.05) is 6.92 Å². The van der Waals surface area contributed by atoms with Gasteiger partial charge in [-0.25, -0.2) is 4.39 Å². The Labute approximate surface area is 55.5 Å². The summed E-state index contributed by atoms with van der Waals surface area (Å²) in [5.74, 6) is 0. The molecule has 1 unspecified atom stereocenters. The number of rotatable bonds is 5. The van der Waals surface area contributed by atoms with Gasteiger partial charge in [-0.2, -0.15) is 0 Å². The summed E-state index contributed by atoms with van der Waals surface area (Å²) < 4.78 is 16.7. The van der Waals surface area contributed by atoms with Crippen LogP contribution in [-0.4, -0.2) is 6.36 Å². The molecule has 2 heteroatoms. The number of unbranched alkanes of at least 4 members (excludes halogenated alkanes) is 1. The molecule has 0 aliphatic carbocycles. The molecule has 54 valence electrons. The summed E-state index contributed by atoms with van der Waals surface area (Å²) in [4.78, 5) is 0. The Bertz CT molecular complexity index is 73.3. The average Bonchev–Trinajstić information content (AvgIpc) is 1.85. The van der Waals surface area contributed by atoms with Gasteiger partial charge >= 0.3 is 0 Å². The minimum absolute atomic E-state index is 0.475. The zero-order chi connectivity index (χ0) is 7.11. The van der Waals surface area contributed by atoms with Crippen molar-refractivity contribution in [1.82, 2.24) is 0 Å². The molecule has 0 bridgehead atoms. The topological polar surface area (TPSA) is 9.23 Å². The fraction of sp³-hybridized carbons (Fsp3) is 0.714. The lowest BCUT2D eigenvalue weighted by Crippen LogP contribution is -2.00. The monoisotopic (exact) mass is 132 g/mol. The van der Waals surface area contributed by atoms with Crippen molar-refractivity contribution in [2.75, 3.05) is 0 Å². The van der Waals surface area contributed by atoms with Gasteiger partial charge in [0.15, 0.2) is 0 Å². The van der Waals surface area contributed by atoms with E-state index in [9.17, 15) is 4.39 Å². The lowest BCUT2D eigenvalue weighted by atomic mass is 10.2. The minimum atomic E-state index is -1.15. The molecule has 0 aliphatic rings. The highest BCUT2D eigenvalue weighted by atomic mass is 19.1. The third-order valence-corrected chi connectivity index (χ3v) is 1.03. The lowest BCUT2D eigenvalue weighted by molar-refractivity contribution is 0.0169. The summed E-state index contributed by atoms with van der Waals surface area (Å²) in [7, 11) is 0. The first-order valence-corrected chi connectivity index (χ1v) is 3.21.